The summed E-state index contributed by atoms with van der Waals surface area (Å²) in [5, 5.41) is 18.0. The topological polar surface area (TPSA) is 96.2 Å². The Labute approximate surface area is 134 Å². The van der Waals surface area contributed by atoms with Crippen LogP contribution in [0, 0.1) is 0 Å². The highest BCUT2D eigenvalue weighted by Gasteiger charge is 2.06. The number of carbonyl (C=O) groups excluding carboxylic acids is 1. The molecule has 1 heterocycles. The minimum absolute atomic E-state index is 0.0948. The standard InChI is InChI=1S/C16H20N4O3/c21-15(22)7-9-17-16(23)18-12-14-6-10-19-20(14)11-8-13-4-2-1-3-5-13/h1-6,10H,7-9,11-12H2,(H,21,22)(H2,17,18,23). The molecule has 0 fully saturated rings. The molecule has 0 aliphatic rings. The predicted molar refractivity (Wildman–Crippen MR) is 84.9 cm³/mol. The zero-order chi connectivity index (χ0) is 16.5. The van der Waals surface area contributed by atoms with E-state index in [4.69, 9.17) is 5.11 Å². The molecular weight excluding hydrogens is 296 g/mol. The largest absolute Gasteiger partial charge is 0.481 e. The fourth-order valence-corrected chi connectivity index (χ4v) is 2.11. The van der Waals surface area contributed by atoms with Gasteiger partial charge in [0.2, 0.25) is 0 Å². The Kier molecular flexibility index (Phi) is 6.17. The van der Waals surface area contributed by atoms with Crippen molar-refractivity contribution in [3.05, 3.63) is 53.9 Å². The van der Waals surface area contributed by atoms with Crippen molar-refractivity contribution in [2.75, 3.05) is 6.54 Å². The molecule has 1 aromatic carbocycles. The summed E-state index contributed by atoms with van der Waals surface area (Å²) in [5.41, 5.74) is 2.13. The van der Waals surface area contributed by atoms with Crippen molar-refractivity contribution in [1.29, 1.82) is 0 Å². The van der Waals surface area contributed by atoms with Gasteiger partial charge in [0, 0.05) is 19.3 Å². The number of hydrogen-bond acceptors (Lipinski definition) is 3. The summed E-state index contributed by atoms with van der Waals surface area (Å²) in [6, 6.07) is 11.6. The van der Waals surface area contributed by atoms with Gasteiger partial charge < -0.3 is 15.7 Å². The number of benzene rings is 1. The highest BCUT2D eigenvalue weighted by molar-refractivity contribution is 5.74. The van der Waals surface area contributed by atoms with Crippen LogP contribution >= 0.6 is 0 Å². The number of carboxylic acids is 1. The van der Waals surface area contributed by atoms with Crippen molar-refractivity contribution in [2.24, 2.45) is 0 Å². The molecule has 0 radical (unpaired) electrons. The minimum atomic E-state index is -0.940. The molecule has 2 aromatic rings. The lowest BCUT2D eigenvalue weighted by Crippen LogP contribution is -2.36. The number of rotatable bonds is 8. The Morgan fingerprint density at radius 2 is 1.91 bits per heavy atom. The summed E-state index contributed by atoms with van der Waals surface area (Å²) in [6.45, 7) is 1.18. The van der Waals surface area contributed by atoms with E-state index >= 15 is 0 Å². The van der Waals surface area contributed by atoms with Crippen molar-refractivity contribution in [3.63, 3.8) is 0 Å². The fraction of sp³-hybridized carbons (Fsp3) is 0.312. The van der Waals surface area contributed by atoms with E-state index in [-0.39, 0.29) is 19.0 Å². The average Bonchev–Trinajstić information content (AvgIpc) is 2.99. The molecule has 0 atom stereocenters. The summed E-state index contributed by atoms with van der Waals surface area (Å²) in [7, 11) is 0. The predicted octanol–water partition coefficient (Wildman–Crippen LogP) is 1.40. The van der Waals surface area contributed by atoms with Crippen molar-refractivity contribution in [1.82, 2.24) is 20.4 Å². The van der Waals surface area contributed by atoms with E-state index < -0.39 is 5.97 Å². The lowest BCUT2D eigenvalue weighted by atomic mass is 10.1. The molecule has 0 aliphatic heterocycles. The lowest BCUT2D eigenvalue weighted by Gasteiger charge is -2.09. The quantitative estimate of drug-likeness (QED) is 0.686. The van der Waals surface area contributed by atoms with Crippen LogP contribution in [0.25, 0.3) is 0 Å². The molecule has 0 unspecified atom stereocenters. The molecule has 0 aliphatic carbocycles. The molecule has 23 heavy (non-hydrogen) atoms. The van der Waals surface area contributed by atoms with Crippen LogP contribution < -0.4 is 10.6 Å². The van der Waals surface area contributed by atoms with Gasteiger partial charge >= 0.3 is 12.0 Å². The maximum absolute atomic E-state index is 11.6. The van der Waals surface area contributed by atoms with Gasteiger partial charge in [-0.25, -0.2) is 4.79 Å². The van der Waals surface area contributed by atoms with E-state index in [1.54, 1.807) is 6.20 Å². The van der Waals surface area contributed by atoms with E-state index in [0.717, 1.165) is 18.7 Å². The summed E-state index contributed by atoms with van der Waals surface area (Å²) in [6.07, 6.45) is 2.47. The summed E-state index contributed by atoms with van der Waals surface area (Å²) in [5.74, 6) is -0.940. The van der Waals surface area contributed by atoms with Crippen molar-refractivity contribution < 1.29 is 14.7 Å². The van der Waals surface area contributed by atoms with E-state index in [0.29, 0.717) is 6.54 Å². The van der Waals surface area contributed by atoms with E-state index in [9.17, 15) is 9.59 Å². The van der Waals surface area contributed by atoms with Gasteiger partial charge in [-0.2, -0.15) is 5.10 Å². The number of aliphatic carboxylic acids is 1. The molecule has 7 heteroatoms. The second-order valence-corrected chi connectivity index (χ2v) is 5.03. The molecule has 0 spiro atoms. The third kappa shape index (κ3) is 5.82. The van der Waals surface area contributed by atoms with Crippen molar-refractivity contribution >= 4 is 12.0 Å². The first kappa shape index (κ1) is 16.5. The normalized spacial score (nSPS) is 10.3. The minimum Gasteiger partial charge on any atom is -0.481 e. The molecule has 2 rings (SSSR count). The number of carbonyl (C=O) groups is 2. The van der Waals surface area contributed by atoms with Gasteiger partial charge in [0.1, 0.15) is 0 Å². The SMILES string of the molecule is O=C(O)CCNC(=O)NCc1ccnn1CCc1ccccc1. The highest BCUT2D eigenvalue weighted by atomic mass is 16.4. The number of amides is 2. The molecule has 122 valence electrons. The van der Waals surface area contributed by atoms with Crippen LogP contribution in [0.4, 0.5) is 4.79 Å². The third-order valence-electron chi connectivity index (χ3n) is 3.31. The molecular formula is C16H20N4O3. The molecule has 0 saturated heterocycles. The smallest absolute Gasteiger partial charge is 0.315 e. The second-order valence-electron chi connectivity index (χ2n) is 5.03. The first-order valence-electron chi connectivity index (χ1n) is 7.43. The number of aromatic nitrogens is 2. The molecule has 0 saturated carbocycles. The Morgan fingerprint density at radius 3 is 2.65 bits per heavy atom. The van der Waals surface area contributed by atoms with Crippen molar-refractivity contribution in [3.8, 4) is 0 Å². The monoisotopic (exact) mass is 316 g/mol. The van der Waals surface area contributed by atoms with Gasteiger partial charge in [0.15, 0.2) is 0 Å². The third-order valence-corrected chi connectivity index (χ3v) is 3.31. The molecule has 1 aromatic heterocycles. The first-order chi connectivity index (χ1) is 11.1. The summed E-state index contributed by atoms with van der Waals surface area (Å²) >= 11 is 0. The van der Waals surface area contributed by atoms with E-state index in [2.05, 4.69) is 27.9 Å². The van der Waals surface area contributed by atoms with E-state index in [1.807, 2.05) is 28.9 Å². The van der Waals surface area contributed by atoms with Crippen LogP contribution in [-0.2, 0) is 24.3 Å². The summed E-state index contributed by atoms with van der Waals surface area (Å²) in [4.78, 5) is 21.9. The second kappa shape index (κ2) is 8.57. The molecule has 7 nitrogen and oxygen atoms in total. The van der Waals surface area contributed by atoms with Crippen molar-refractivity contribution in [2.45, 2.75) is 25.9 Å². The number of nitrogens with zero attached hydrogens (tertiary/aromatic N) is 2. The number of nitrogens with one attached hydrogen (secondary N) is 2. The summed E-state index contributed by atoms with van der Waals surface area (Å²) < 4.78 is 1.85. The highest BCUT2D eigenvalue weighted by Crippen LogP contribution is 2.04. The lowest BCUT2D eigenvalue weighted by molar-refractivity contribution is -0.136. The van der Waals surface area contributed by atoms with Gasteiger partial charge in [-0.3, -0.25) is 9.48 Å². The zero-order valence-electron chi connectivity index (χ0n) is 12.7. The Hall–Kier alpha value is -2.83. The van der Waals surface area contributed by atoms with Crippen LogP contribution in [0.15, 0.2) is 42.6 Å². The molecule has 0 bridgehead atoms. The fourth-order valence-electron chi connectivity index (χ4n) is 2.11. The van der Waals surface area contributed by atoms with Crippen LogP contribution in [0.2, 0.25) is 0 Å². The Bertz CT molecular complexity index is 640. The van der Waals surface area contributed by atoms with Crippen LogP contribution in [0.5, 0.6) is 0 Å². The maximum Gasteiger partial charge on any atom is 0.315 e. The number of carboxylic acid groups (broad SMARTS) is 1. The van der Waals surface area contributed by atoms with Crippen LogP contribution in [-0.4, -0.2) is 33.4 Å². The Balaban J connectivity index is 1.77. The molecule has 3 N–H and O–H groups in total. The Morgan fingerprint density at radius 1 is 1.13 bits per heavy atom. The van der Waals surface area contributed by atoms with E-state index in [1.165, 1.54) is 5.56 Å². The van der Waals surface area contributed by atoms with Crippen LogP contribution in [0.1, 0.15) is 17.7 Å². The number of hydrogen-bond donors (Lipinski definition) is 3. The zero-order valence-corrected chi connectivity index (χ0v) is 12.7. The number of urea groups is 1. The number of aryl methyl sites for hydroxylation is 2. The van der Waals surface area contributed by atoms with Gasteiger partial charge in [0.05, 0.1) is 18.7 Å². The van der Waals surface area contributed by atoms with Gasteiger partial charge in [-0.05, 0) is 18.1 Å². The first-order valence-corrected chi connectivity index (χ1v) is 7.43. The molecule has 2 amide bonds. The average molecular weight is 316 g/mol. The van der Waals surface area contributed by atoms with Gasteiger partial charge in [0.25, 0.3) is 0 Å². The van der Waals surface area contributed by atoms with Crippen LogP contribution in [0.3, 0.4) is 0 Å². The van der Waals surface area contributed by atoms with Gasteiger partial charge in [-0.15, -0.1) is 0 Å². The maximum atomic E-state index is 11.6. The van der Waals surface area contributed by atoms with Gasteiger partial charge in [-0.1, -0.05) is 30.3 Å².